The fourth-order valence-electron chi connectivity index (χ4n) is 7.19. The fraction of sp³-hybridized carbons (Fsp3) is 0.275. The predicted octanol–water partition coefficient (Wildman–Crippen LogP) is 5.56. The summed E-state index contributed by atoms with van der Waals surface area (Å²) in [7, 11) is 0. The number of rotatable bonds is 12. The van der Waals surface area contributed by atoms with Crippen molar-refractivity contribution in [3.05, 3.63) is 119 Å². The number of hydrogen-bond acceptors (Lipinski definition) is 8. The van der Waals surface area contributed by atoms with Gasteiger partial charge in [0.1, 0.15) is 19.3 Å². The van der Waals surface area contributed by atoms with E-state index >= 15 is 0 Å². The number of imide groups is 1. The number of amides is 4. The van der Waals surface area contributed by atoms with Gasteiger partial charge >= 0.3 is 18.2 Å². The Morgan fingerprint density at radius 3 is 1.61 bits per heavy atom. The molecule has 4 aromatic rings. The van der Waals surface area contributed by atoms with Gasteiger partial charge in [0.15, 0.2) is 6.10 Å². The molecule has 0 aromatic heterocycles. The molecule has 1 aliphatic heterocycles. The number of hydrogen-bond donors (Lipinski definition) is 3. The highest BCUT2D eigenvalue weighted by Crippen LogP contribution is 2.45. The number of fused-ring (bicyclic) bond motifs is 6. The third-order valence-corrected chi connectivity index (χ3v) is 9.64. The molecule has 0 radical (unpaired) electrons. The summed E-state index contributed by atoms with van der Waals surface area (Å²) in [4.78, 5) is 62.5. The molecule has 260 valence electrons. The maximum atomic E-state index is 13.2. The van der Waals surface area contributed by atoms with Crippen molar-refractivity contribution in [3.8, 4) is 22.3 Å². The summed E-state index contributed by atoms with van der Waals surface area (Å²) < 4.78 is 16.6. The van der Waals surface area contributed by atoms with Crippen molar-refractivity contribution in [2.45, 2.75) is 49.7 Å². The molecule has 11 heteroatoms. The van der Waals surface area contributed by atoms with Crippen LogP contribution in [0.5, 0.6) is 0 Å². The molecule has 11 nitrogen and oxygen atoms in total. The van der Waals surface area contributed by atoms with E-state index in [0.29, 0.717) is 12.8 Å². The Labute approximate surface area is 294 Å². The largest absolute Gasteiger partial charge is 0.450 e. The third-order valence-electron chi connectivity index (χ3n) is 9.64. The van der Waals surface area contributed by atoms with E-state index in [-0.39, 0.29) is 44.4 Å². The Morgan fingerprint density at radius 1 is 0.667 bits per heavy atom. The van der Waals surface area contributed by atoms with E-state index < -0.39 is 42.1 Å². The monoisotopic (exact) mass is 687 g/mol. The maximum absolute atomic E-state index is 13.2. The molecule has 0 bridgehead atoms. The highest BCUT2D eigenvalue weighted by Gasteiger charge is 2.36. The molecule has 3 N–H and O–H groups in total. The first-order chi connectivity index (χ1) is 24.9. The van der Waals surface area contributed by atoms with E-state index in [0.717, 1.165) is 44.5 Å². The SMILES string of the molecule is O=C1CC(OC(=O)[C@@H](CCCCNC(=O)OCC2c3ccccc3-c3ccccc32)NC(=O)OCC2c3ccccc3-c3ccccc32)C(=O)N1. The standard InChI is InChI=1S/C40H37N3O8/c44-36-21-35(37(45)43-36)51-38(46)34(42-40(48)50-23-33-30-17-7-3-13-26(30)27-14-4-8-18-31(27)33)19-9-10-20-41-39(47)49-22-32-28-15-5-1-11-24(28)25-12-2-6-16-29(25)32/h1-8,11-18,32-35H,9-10,19-23H2,(H,41,47)(H,42,48)(H,43,44,45)/t34-,35?/m1/s1. The lowest BCUT2D eigenvalue weighted by atomic mass is 9.98. The van der Waals surface area contributed by atoms with E-state index in [4.69, 9.17) is 14.2 Å². The number of carbonyl (C=O) groups is 5. The van der Waals surface area contributed by atoms with Gasteiger partial charge in [-0.05, 0) is 63.8 Å². The van der Waals surface area contributed by atoms with Crippen molar-refractivity contribution in [2.75, 3.05) is 19.8 Å². The lowest BCUT2D eigenvalue weighted by molar-refractivity contribution is -0.156. The molecule has 3 aliphatic rings. The van der Waals surface area contributed by atoms with Crippen LogP contribution in [0.1, 0.15) is 59.8 Å². The Kier molecular flexibility index (Phi) is 9.78. The smallest absolute Gasteiger partial charge is 0.407 e. The summed E-state index contributed by atoms with van der Waals surface area (Å²) in [6.45, 7) is 0.503. The van der Waals surface area contributed by atoms with Gasteiger partial charge in [-0.3, -0.25) is 14.9 Å². The van der Waals surface area contributed by atoms with Gasteiger partial charge in [0, 0.05) is 18.4 Å². The Hall–Kier alpha value is -5.97. The number of carbonyl (C=O) groups excluding carboxylic acids is 5. The summed E-state index contributed by atoms with van der Waals surface area (Å²) >= 11 is 0. The normalized spacial score (nSPS) is 16.3. The summed E-state index contributed by atoms with van der Waals surface area (Å²) in [5.74, 6) is -2.34. The summed E-state index contributed by atoms with van der Waals surface area (Å²) in [5, 5.41) is 7.46. The fourth-order valence-corrected chi connectivity index (χ4v) is 7.19. The minimum atomic E-state index is -1.27. The molecular weight excluding hydrogens is 650 g/mol. The summed E-state index contributed by atoms with van der Waals surface area (Å²) in [6, 6.07) is 30.9. The number of nitrogens with one attached hydrogen (secondary N) is 3. The van der Waals surface area contributed by atoms with Gasteiger partial charge in [0.05, 0.1) is 6.42 Å². The second kappa shape index (κ2) is 14.9. The van der Waals surface area contributed by atoms with Crippen LogP contribution in [0.15, 0.2) is 97.1 Å². The number of esters is 1. The van der Waals surface area contributed by atoms with Crippen molar-refractivity contribution < 1.29 is 38.2 Å². The van der Waals surface area contributed by atoms with Crippen LogP contribution in [0.25, 0.3) is 22.3 Å². The lowest BCUT2D eigenvalue weighted by Gasteiger charge is -2.20. The van der Waals surface area contributed by atoms with Gasteiger partial charge in [-0.2, -0.15) is 0 Å². The summed E-state index contributed by atoms with van der Waals surface area (Å²) in [6.07, 6.45) is -1.92. The molecule has 1 fully saturated rings. The van der Waals surface area contributed by atoms with Crippen molar-refractivity contribution >= 4 is 30.0 Å². The van der Waals surface area contributed by atoms with Crippen molar-refractivity contribution in [3.63, 3.8) is 0 Å². The highest BCUT2D eigenvalue weighted by atomic mass is 16.6. The van der Waals surface area contributed by atoms with E-state index in [1.165, 1.54) is 0 Å². The molecule has 1 heterocycles. The van der Waals surface area contributed by atoms with E-state index in [1.54, 1.807) is 0 Å². The lowest BCUT2D eigenvalue weighted by Crippen LogP contribution is -2.44. The van der Waals surface area contributed by atoms with Gasteiger partial charge < -0.3 is 24.8 Å². The van der Waals surface area contributed by atoms with Crippen LogP contribution in [0.3, 0.4) is 0 Å². The first kappa shape index (κ1) is 33.5. The van der Waals surface area contributed by atoms with Gasteiger partial charge in [0.2, 0.25) is 5.91 Å². The first-order valence-corrected chi connectivity index (χ1v) is 17.1. The minimum Gasteiger partial charge on any atom is -0.450 e. The van der Waals surface area contributed by atoms with Crippen LogP contribution in [0.2, 0.25) is 0 Å². The quantitative estimate of drug-likeness (QED) is 0.0759. The summed E-state index contributed by atoms with van der Waals surface area (Å²) in [5.41, 5.74) is 8.77. The zero-order valence-corrected chi connectivity index (χ0v) is 27.8. The topological polar surface area (TPSA) is 149 Å². The number of alkyl carbamates (subject to hydrolysis) is 2. The minimum absolute atomic E-state index is 0.0468. The van der Waals surface area contributed by atoms with Gasteiger partial charge in [0.25, 0.3) is 5.91 Å². The van der Waals surface area contributed by atoms with Crippen molar-refractivity contribution in [2.24, 2.45) is 0 Å². The molecule has 1 saturated heterocycles. The highest BCUT2D eigenvalue weighted by molar-refractivity contribution is 6.05. The molecule has 2 aliphatic carbocycles. The van der Waals surface area contributed by atoms with Gasteiger partial charge in [-0.15, -0.1) is 0 Å². The number of ether oxygens (including phenoxy) is 3. The van der Waals surface area contributed by atoms with Crippen LogP contribution < -0.4 is 16.0 Å². The van der Waals surface area contributed by atoms with Crippen molar-refractivity contribution in [1.29, 1.82) is 0 Å². The van der Waals surface area contributed by atoms with Gasteiger partial charge in [-0.25, -0.2) is 14.4 Å². The van der Waals surface area contributed by atoms with Crippen LogP contribution in [-0.4, -0.2) is 61.9 Å². The molecule has 1 unspecified atom stereocenters. The molecular formula is C40H37N3O8. The molecule has 4 aromatic carbocycles. The zero-order valence-electron chi connectivity index (χ0n) is 27.8. The molecule has 0 spiro atoms. The molecule has 4 amide bonds. The average molecular weight is 688 g/mol. The van der Waals surface area contributed by atoms with Crippen LogP contribution in [-0.2, 0) is 28.6 Å². The Balaban J connectivity index is 0.911. The second-order valence-electron chi connectivity index (χ2n) is 12.8. The average Bonchev–Trinajstić information content (AvgIpc) is 3.76. The first-order valence-electron chi connectivity index (χ1n) is 17.1. The molecule has 0 saturated carbocycles. The molecule has 51 heavy (non-hydrogen) atoms. The van der Waals surface area contributed by atoms with Crippen LogP contribution >= 0.6 is 0 Å². The molecule has 2 atom stereocenters. The van der Waals surface area contributed by atoms with E-state index in [2.05, 4.69) is 40.2 Å². The second-order valence-corrected chi connectivity index (χ2v) is 12.8. The predicted molar refractivity (Wildman–Crippen MR) is 187 cm³/mol. The van der Waals surface area contributed by atoms with E-state index in [9.17, 15) is 24.0 Å². The zero-order chi connectivity index (χ0) is 35.3. The number of unbranched alkanes of at least 4 members (excludes halogenated alkanes) is 1. The van der Waals surface area contributed by atoms with Crippen LogP contribution in [0.4, 0.5) is 9.59 Å². The number of benzene rings is 4. The van der Waals surface area contributed by atoms with Crippen molar-refractivity contribution in [1.82, 2.24) is 16.0 Å². The Morgan fingerprint density at radius 2 is 1.14 bits per heavy atom. The maximum Gasteiger partial charge on any atom is 0.407 e. The van der Waals surface area contributed by atoms with E-state index in [1.807, 2.05) is 72.8 Å². The van der Waals surface area contributed by atoms with Gasteiger partial charge in [-0.1, -0.05) is 97.1 Å². The Bertz CT molecular complexity index is 1900. The third kappa shape index (κ3) is 7.19. The van der Waals surface area contributed by atoms with Crippen LogP contribution in [0, 0.1) is 0 Å². The molecule has 7 rings (SSSR count).